The average molecular weight is 510 g/mol. The van der Waals surface area contributed by atoms with Gasteiger partial charge in [0.15, 0.2) is 0 Å². The van der Waals surface area contributed by atoms with E-state index in [-0.39, 0.29) is 35.7 Å². The lowest BCUT2D eigenvalue weighted by Gasteiger charge is -2.41. The molecule has 3 aliphatic heterocycles. The van der Waals surface area contributed by atoms with Crippen LogP contribution in [0.15, 0.2) is 18.2 Å². The lowest BCUT2D eigenvalue weighted by atomic mass is 9.87. The Labute approximate surface area is 212 Å². The fraction of sp³-hybridized carbons (Fsp3) is 0.692. The highest BCUT2D eigenvalue weighted by atomic mass is 35.5. The molecule has 3 fully saturated rings. The van der Waals surface area contributed by atoms with Crippen molar-refractivity contribution in [2.24, 2.45) is 5.92 Å². The Morgan fingerprint density at radius 2 is 1.83 bits per heavy atom. The van der Waals surface area contributed by atoms with Gasteiger partial charge in [-0.05, 0) is 58.2 Å². The topological polar surface area (TPSA) is 62.3 Å². The molecule has 0 N–H and O–H groups in total. The van der Waals surface area contributed by atoms with Crippen molar-refractivity contribution in [2.75, 3.05) is 45.9 Å². The first-order chi connectivity index (χ1) is 16.5. The highest BCUT2D eigenvalue weighted by Crippen LogP contribution is 2.38. The number of carbonyl (C=O) groups excluding carboxylic acids is 2. The van der Waals surface area contributed by atoms with Crippen LogP contribution in [0.5, 0.6) is 0 Å². The fourth-order valence-electron chi connectivity index (χ4n) is 5.54. The molecule has 2 amide bonds. The summed E-state index contributed by atoms with van der Waals surface area (Å²) in [5.74, 6) is -0.949. The first kappa shape index (κ1) is 26.2. The number of hydrogen-bond donors (Lipinski definition) is 0. The minimum absolute atomic E-state index is 0.0234. The third-order valence-corrected chi connectivity index (χ3v) is 7.53. The van der Waals surface area contributed by atoms with Crippen LogP contribution in [0.2, 0.25) is 5.02 Å². The average Bonchev–Trinajstić information content (AvgIpc) is 3.23. The van der Waals surface area contributed by atoms with Gasteiger partial charge in [0, 0.05) is 69.0 Å². The molecule has 4 rings (SSSR count). The number of ether oxygens (including phenoxy) is 2. The molecule has 0 aliphatic carbocycles. The number of benzene rings is 1. The van der Waals surface area contributed by atoms with Crippen LogP contribution in [0.25, 0.3) is 0 Å². The van der Waals surface area contributed by atoms with Crippen LogP contribution in [0, 0.1) is 11.7 Å². The van der Waals surface area contributed by atoms with Gasteiger partial charge < -0.3 is 19.3 Å². The van der Waals surface area contributed by atoms with Crippen molar-refractivity contribution in [3.8, 4) is 0 Å². The molecular weight excluding hydrogens is 473 g/mol. The quantitative estimate of drug-likeness (QED) is 0.613. The van der Waals surface area contributed by atoms with E-state index in [1.54, 1.807) is 17.0 Å². The minimum Gasteiger partial charge on any atom is -0.444 e. The van der Waals surface area contributed by atoms with Crippen LogP contribution in [0.1, 0.15) is 52.0 Å². The van der Waals surface area contributed by atoms with Crippen LogP contribution >= 0.6 is 11.6 Å². The lowest BCUT2D eigenvalue weighted by molar-refractivity contribution is -0.140. The van der Waals surface area contributed by atoms with Crippen LogP contribution < -0.4 is 0 Å². The first-order valence-electron chi connectivity index (χ1n) is 12.6. The molecule has 0 bridgehead atoms. The summed E-state index contributed by atoms with van der Waals surface area (Å²) in [7, 11) is 0. The van der Waals surface area contributed by atoms with Crippen molar-refractivity contribution in [3.63, 3.8) is 0 Å². The number of likely N-dealkylation sites (tertiary alicyclic amines) is 1. The third-order valence-electron chi connectivity index (χ3n) is 7.30. The van der Waals surface area contributed by atoms with Crippen molar-refractivity contribution in [3.05, 3.63) is 34.6 Å². The Morgan fingerprint density at radius 1 is 1.11 bits per heavy atom. The fourth-order valence-corrected chi connectivity index (χ4v) is 5.70. The summed E-state index contributed by atoms with van der Waals surface area (Å²) in [6, 6.07) is 4.93. The first-order valence-corrected chi connectivity index (χ1v) is 13.0. The molecule has 3 heterocycles. The summed E-state index contributed by atoms with van der Waals surface area (Å²) in [5.41, 5.74) is -0.0250. The number of carbonyl (C=O) groups is 2. The van der Waals surface area contributed by atoms with Gasteiger partial charge in [-0.2, -0.15) is 0 Å². The summed E-state index contributed by atoms with van der Waals surface area (Å²) in [4.78, 5) is 32.3. The van der Waals surface area contributed by atoms with E-state index in [1.165, 1.54) is 6.07 Å². The smallest absolute Gasteiger partial charge is 0.410 e. The number of amides is 2. The van der Waals surface area contributed by atoms with Gasteiger partial charge in [-0.1, -0.05) is 17.7 Å². The molecule has 9 heteroatoms. The second-order valence-corrected chi connectivity index (χ2v) is 11.4. The normalized spacial score (nSPS) is 26.7. The Bertz CT molecular complexity index is 934. The Morgan fingerprint density at radius 3 is 2.46 bits per heavy atom. The number of piperazine rings is 1. The highest BCUT2D eigenvalue weighted by molar-refractivity contribution is 6.30. The molecule has 7 nitrogen and oxygen atoms in total. The molecule has 0 saturated carbocycles. The summed E-state index contributed by atoms with van der Waals surface area (Å²) < 4.78 is 26.0. The zero-order chi connectivity index (χ0) is 25.3. The predicted molar refractivity (Wildman–Crippen MR) is 132 cm³/mol. The summed E-state index contributed by atoms with van der Waals surface area (Å²) in [6.45, 7) is 11.4. The largest absolute Gasteiger partial charge is 0.444 e. The maximum absolute atomic E-state index is 15.0. The van der Waals surface area contributed by atoms with E-state index < -0.39 is 5.60 Å². The molecule has 3 saturated heterocycles. The number of nitrogens with zero attached hydrogens (tertiary/aromatic N) is 3. The number of hydrogen-bond acceptors (Lipinski definition) is 5. The van der Waals surface area contributed by atoms with Gasteiger partial charge in [0.25, 0.3) is 0 Å². The van der Waals surface area contributed by atoms with Crippen LogP contribution in [-0.2, 0) is 14.3 Å². The molecule has 1 aromatic carbocycles. The van der Waals surface area contributed by atoms with Gasteiger partial charge in [0.2, 0.25) is 5.91 Å². The van der Waals surface area contributed by atoms with Gasteiger partial charge >= 0.3 is 6.09 Å². The van der Waals surface area contributed by atoms with E-state index in [0.29, 0.717) is 62.6 Å². The SMILES string of the molecule is C[C@H]1CN(C(=O)OC(C)(C)C)CCN1C(=O)[C@@H]1CN(C2CCOCC2)C[C@H]1c1ccc(Cl)cc1F. The van der Waals surface area contributed by atoms with Crippen molar-refractivity contribution >= 4 is 23.6 Å². The van der Waals surface area contributed by atoms with Crippen molar-refractivity contribution < 1.29 is 23.5 Å². The van der Waals surface area contributed by atoms with E-state index in [2.05, 4.69) is 4.90 Å². The molecule has 194 valence electrons. The van der Waals surface area contributed by atoms with Crippen LogP contribution in [-0.4, -0.2) is 90.3 Å². The molecule has 0 spiro atoms. The van der Waals surface area contributed by atoms with E-state index in [4.69, 9.17) is 21.1 Å². The highest BCUT2D eigenvalue weighted by Gasteiger charge is 2.45. The molecule has 3 aliphatic rings. The molecule has 35 heavy (non-hydrogen) atoms. The molecule has 1 aromatic rings. The Hall–Kier alpha value is -1.90. The Balaban J connectivity index is 1.51. The van der Waals surface area contributed by atoms with Crippen LogP contribution in [0.4, 0.5) is 9.18 Å². The number of rotatable bonds is 3. The van der Waals surface area contributed by atoms with Gasteiger partial charge in [0.1, 0.15) is 11.4 Å². The van der Waals surface area contributed by atoms with Gasteiger partial charge in [-0.25, -0.2) is 9.18 Å². The molecule has 0 radical (unpaired) electrons. The Kier molecular flexibility index (Phi) is 7.93. The molecule has 0 aromatic heterocycles. The van der Waals surface area contributed by atoms with E-state index in [0.717, 1.165) is 12.8 Å². The van der Waals surface area contributed by atoms with Crippen molar-refractivity contribution in [1.29, 1.82) is 0 Å². The number of halogens is 2. The van der Waals surface area contributed by atoms with Gasteiger partial charge in [0.05, 0.1) is 5.92 Å². The minimum atomic E-state index is -0.569. The summed E-state index contributed by atoms with van der Waals surface area (Å²) >= 11 is 6.01. The summed E-state index contributed by atoms with van der Waals surface area (Å²) in [6.07, 6.45) is 1.48. The predicted octanol–water partition coefficient (Wildman–Crippen LogP) is 4.14. The van der Waals surface area contributed by atoms with E-state index >= 15 is 0 Å². The van der Waals surface area contributed by atoms with Crippen LogP contribution in [0.3, 0.4) is 0 Å². The van der Waals surface area contributed by atoms with Gasteiger partial charge in [-0.3, -0.25) is 9.69 Å². The van der Waals surface area contributed by atoms with Crippen molar-refractivity contribution in [2.45, 2.75) is 64.1 Å². The molecule has 0 unspecified atom stereocenters. The summed E-state index contributed by atoms with van der Waals surface area (Å²) in [5, 5.41) is 0.347. The maximum Gasteiger partial charge on any atom is 0.410 e. The van der Waals surface area contributed by atoms with E-state index in [1.807, 2.05) is 32.6 Å². The van der Waals surface area contributed by atoms with E-state index in [9.17, 15) is 14.0 Å². The third kappa shape index (κ3) is 6.09. The zero-order valence-corrected chi connectivity index (χ0v) is 21.9. The second-order valence-electron chi connectivity index (χ2n) is 11.0. The second kappa shape index (κ2) is 10.6. The maximum atomic E-state index is 15.0. The molecule has 3 atom stereocenters. The molecular formula is C26H37ClFN3O4. The van der Waals surface area contributed by atoms with Gasteiger partial charge in [-0.15, -0.1) is 0 Å². The van der Waals surface area contributed by atoms with Crippen molar-refractivity contribution in [1.82, 2.24) is 14.7 Å². The standard InChI is InChI=1S/C26H37ClFN3O4/c1-17-14-29(25(33)35-26(2,3)4)9-10-31(17)24(32)22-16-30(19-7-11-34-12-8-19)15-21(22)20-6-5-18(27)13-23(20)28/h5-6,13,17,19,21-22H,7-12,14-16H2,1-4H3/t17-,21-,22+/m0/s1. The zero-order valence-electron chi connectivity index (χ0n) is 21.1. The monoisotopic (exact) mass is 509 g/mol. The lowest BCUT2D eigenvalue weighted by Crippen LogP contribution is -2.57.